The van der Waals surface area contributed by atoms with Gasteiger partial charge in [-0.3, -0.25) is 13.9 Å². The molecule has 0 bridgehead atoms. The lowest BCUT2D eigenvalue weighted by atomic mass is 10.1. The number of hydrogen-bond donors (Lipinski definition) is 1. The Bertz CT molecular complexity index is 820. The zero-order chi connectivity index (χ0) is 15.7. The van der Waals surface area contributed by atoms with E-state index in [0.717, 1.165) is 16.3 Å². The Balaban J connectivity index is 1.72. The van der Waals surface area contributed by atoms with Crippen LogP contribution in [-0.2, 0) is 6.54 Å². The molecule has 0 aliphatic rings. The van der Waals surface area contributed by atoms with Gasteiger partial charge < -0.3 is 5.32 Å². The maximum atomic E-state index is 12.1. The van der Waals surface area contributed by atoms with Gasteiger partial charge in [0, 0.05) is 42.1 Å². The van der Waals surface area contributed by atoms with Crippen LogP contribution in [0.4, 0.5) is 0 Å². The van der Waals surface area contributed by atoms with Gasteiger partial charge in [0.15, 0.2) is 4.96 Å². The van der Waals surface area contributed by atoms with Gasteiger partial charge in [0.1, 0.15) is 0 Å². The molecule has 3 rings (SSSR count). The predicted octanol–water partition coefficient (Wildman–Crippen LogP) is 2.00. The van der Waals surface area contributed by atoms with Gasteiger partial charge in [0.05, 0.1) is 11.7 Å². The van der Waals surface area contributed by atoms with Gasteiger partial charge in [0.25, 0.3) is 5.56 Å². The van der Waals surface area contributed by atoms with E-state index in [0.29, 0.717) is 6.54 Å². The SMILES string of the molecule is Cc1csc2nc(CNC(C)C(C)n3cccn3)cc(=O)n12. The van der Waals surface area contributed by atoms with Gasteiger partial charge >= 0.3 is 0 Å². The van der Waals surface area contributed by atoms with Crippen molar-refractivity contribution in [2.45, 2.75) is 39.4 Å². The maximum Gasteiger partial charge on any atom is 0.259 e. The van der Waals surface area contributed by atoms with Gasteiger partial charge in [-0.15, -0.1) is 11.3 Å². The Morgan fingerprint density at radius 1 is 1.41 bits per heavy atom. The first-order chi connectivity index (χ1) is 10.6. The van der Waals surface area contributed by atoms with Crippen molar-refractivity contribution < 1.29 is 0 Å². The smallest absolute Gasteiger partial charge is 0.259 e. The van der Waals surface area contributed by atoms with Crippen LogP contribution in [0, 0.1) is 6.92 Å². The van der Waals surface area contributed by atoms with Crippen molar-refractivity contribution in [3.05, 3.63) is 51.6 Å². The van der Waals surface area contributed by atoms with Crippen molar-refractivity contribution in [1.29, 1.82) is 0 Å². The summed E-state index contributed by atoms with van der Waals surface area (Å²) in [5.74, 6) is 0. The lowest BCUT2D eigenvalue weighted by molar-refractivity contribution is 0.364. The lowest BCUT2D eigenvalue weighted by Crippen LogP contribution is -2.34. The quantitative estimate of drug-likeness (QED) is 0.782. The van der Waals surface area contributed by atoms with Gasteiger partial charge in [0.2, 0.25) is 0 Å². The zero-order valence-electron chi connectivity index (χ0n) is 12.9. The van der Waals surface area contributed by atoms with Gasteiger partial charge in [-0.2, -0.15) is 5.10 Å². The molecule has 1 N–H and O–H groups in total. The average molecular weight is 317 g/mol. The molecule has 0 amide bonds. The Labute approximate surface area is 132 Å². The number of fused-ring (bicyclic) bond motifs is 1. The summed E-state index contributed by atoms with van der Waals surface area (Å²) in [4.78, 5) is 17.4. The molecule has 3 aromatic rings. The molecule has 0 radical (unpaired) electrons. The van der Waals surface area contributed by atoms with Crippen LogP contribution in [0.2, 0.25) is 0 Å². The highest BCUT2D eigenvalue weighted by atomic mass is 32.1. The third kappa shape index (κ3) is 2.82. The summed E-state index contributed by atoms with van der Waals surface area (Å²) < 4.78 is 3.57. The third-order valence-electron chi connectivity index (χ3n) is 3.90. The number of aromatic nitrogens is 4. The minimum atomic E-state index is -0.0201. The number of nitrogens with zero attached hydrogens (tertiary/aromatic N) is 4. The fourth-order valence-corrected chi connectivity index (χ4v) is 3.27. The van der Waals surface area contributed by atoms with Crippen molar-refractivity contribution in [3.8, 4) is 0 Å². The third-order valence-corrected chi connectivity index (χ3v) is 4.84. The van der Waals surface area contributed by atoms with E-state index < -0.39 is 0 Å². The Morgan fingerprint density at radius 3 is 2.95 bits per heavy atom. The standard InChI is InChI=1S/C15H19N5OS/c1-10-9-22-15-18-13(7-14(21)20(10)15)8-16-11(2)12(3)19-6-4-5-17-19/h4-7,9,11-12,16H,8H2,1-3H3. The van der Waals surface area contributed by atoms with E-state index in [-0.39, 0.29) is 17.6 Å². The summed E-state index contributed by atoms with van der Waals surface area (Å²) >= 11 is 1.49. The van der Waals surface area contributed by atoms with E-state index in [1.165, 1.54) is 11.3 Å². The molecule has 0 spiro atoms. The first-order valence-electron chi connectivity index (χ1n) is 7.25. The molecule has 0 fully saturated rings. The molecule has 0 aliphatic heterocycles. The molecular weight excluding hydrogens is 298 g/mol. The summed E-state index contributed by atoms with van der Waals surface area (Å²) in [6.07, 6.45) is 3.73. The number of thiazole rings is 1. The van der Waals surface area contributed by atoms with Crippen molar-refractivity contribution in [3.63, 3.8) is 0 Å². The molecule has 0 aromatic carbocycles. The van der Waals surface area contributed by atoms with Crippen LogP contribution in [0.1, 0.15) is 31.3 Å². The predicted molar refractivity (Wildman–Crippen MR) is 87.3 cm³/mol. The molecule has 22 heavy (non-hydrogen) atoms. The second kappa shape index (κ2) is 6.02. The summed E-state index contributed by atoms with van der Waals surface area (Å²) in [7, 11) is 0. The highest BCUT2D eigenvalue weighted by Gasteiger charge is 2.14. The first kappa shape index (κ1) is 14.9. The Morgan fingerprint density at radius 2 is 2.23 bits per heavy atom. The van der Waals surface area contributed by atoms with Gasteiger partial charge in [-0.25, -0.2) is 4.98 Å². The van der Waals surface area contributed by atoms with Crippen LogP contribution in [0.15, 0.2) is 34.7 Å². The number of hydrogen-bond acceptors (Lipinski definition) is 5. The largest absolute Gasteiger partial charge is 0.307 e. The van der Waals surface area contributed by atoms with Crippen LogP contribution < -0.4 is 10.9 Å². The van der Waals surface area contributed by atoms with E-state index in [1.807, 2.05) is 29.2 Å². The molecule has 0 aliphatic carbocycles. The Kier molecular flexibility index (Phi) is 4.08. The highest BCUT2D eigenvalue weighted by molar-refractivity contribution is 7.15. The molecule has 0 saturated heterocycles. The second-order valence-electron chi connectivity index (χ2n) is 5.48. The van der Waals surface area contributed by atoms with Gasteiger partial charge in [-0.1, -0.05) is 0 Å². The van der Waals surface area contributed by atoms with E-state index in [2.05, 4.69) is 29.2 Å². The second-order valence-corrected chi connectivity index (χ2v) is 6.31. The summed E-state index contributed by atoms with van der Waals surface area (Å²) in [6, 6.07) is 3.96. The lowest BCUT2D eigenvalue weighted by Gasteiger charge is -2.21. The average Bonchev–Trinajstić information content (AvgIpc) is 3.14. The minimum absolute atomic E-state index is 0.0201. The maximum absolute atomic E-state index is 12.1. The monoisotopic (exact) mass is 317 g/mol. The van der Waals surface area contributed by atoms with Crippen LogP contribution >= 0.6 is 11.3 Å². The van der Waals surface area contributed by atoms with Crippen LogP contribution in [0.3, 0.4) is 0 Å². The fourth-order valence-electron chi connectivity index (χ4n) is 2.38. The summed E-state index contributed by atoms with van der Waals surface area (Å²) in [5, 5.41) is 9.63. The van der Waals surface area contributed by atoms with Crippen molar-refractivity contribution in [2.24, 2.45) is 0 Å². The summed E-state index contributed by atoms with van der Waals surface area (Å²) in [5.41, 5.74) is 1.68. The van der Waals surface area contributed by atoms with Gasteiger partial charge in [-0.05, 0) is 26.8 Å². The van der Waals surface area contributed by atoms with Crippen LogP contribution in [0.25, 0.3) is 4.96 Å². The number of aryl methyl sites for hydroxylation is 1. The molecule has 0 saturated carbocycles. The van der Waals surface area contributed by atoms with Crippen LogP contribution in [-0.4, -0.2) is 25.2 Å². The highest BCUT2D eigenvalue weighted by Crippen LogP contribution is 2.12. The first-order valence-corrected chi connectivity index (χ1v) is 8.13. The van der Waals surface area contributed by atoms with E-state index >= 15 is 0 Å². The molecule has 2 atom stereocenters. The molecule has 7 heteroatoms. The normalized spacial score (nSPS) is 14.3. The zero-order valence-corrected chi connectivity index (χ0v) is 13.7. The summed E-state index contributed by atoms with van der Waals surface area (Å²) in [6.45, 7) is 6.69. The van der Waals surface area contributed by atoms with Crippen molar-refractivity contribution in [1.82, 2.24) is 24.5 Å². The molecule has 3 aromatic heterocycles. The molecule has 2 unspecified atom stereocenters. The molecular formula is C15H19N5OS. The minimum Gasteiger partial charge on any atom is -0.307 e. The molecule has 3 heterocycles. The van der Waals surface area contributed by atoms with E-state index in [4.69, 9.17) is 0 Å². The fraction of sp³-hybridized carbons (Fsp3) is 0.400. The van der Waals surface area contributed by atoms with Crippen molar-refractivity contribution >= 4 is 16.3 Å². The molecule has 116 valence electrons. The Hall–Kier alpha value is -1.99. The molecule has 6 nitrogen and oxygen atoms in total. The van der Waals surface area contributed by atoms with E-state index in [9.17, 15) is 4.79 Å². The van der Waals surface area contributed by atoms with Crippen molar-refractivity contribution in [2.75, 3.05) is 0 Å². The van der Waals surface area contributed by atoms with Crippen LogP contribution in [0.5, 0.6) is 0 Å². The number of nitrogens with one attached hydrogen (secondary N) is 1. The number of rotatable bonds is 5. The topological polar surface area (TPSA) is 64.2 Å². The van der Waals surface area contributed by atoms with E-state index in [1.54, 1.807) is 16.7 Å².